The summed E-state index contributed by atoms with van der Waals surface area (Å²) in [4.78, 5) is 23.0. The van der Waals surface area contributed by atoms with Gasteiger partial charge in [-0.2, -0.15) is 9.97 Å². The number of allylic oxidation sites excluding steroid dienone is 2. The Morgan fingerprint density at radius 3 is 1.55 bits per heavy atom. The number of pyridine rings is 1. The van der Waals surface area contributed by atoms with Crippen LogP contribution >= 0.6 is 0 Å². The first-order valence-corrected chi connectivity index (χ1v) is 21.1. The van der Waals surface area contributed by atoms with Crippen LogP contribution in [0.2, 0.25) is 0 Å². The lowest BCUT2D eigenvalue weighted by Gasteiger charge is -2.29. The fourth-order valence-corrected chi connectivity index (χ4v) is 9.24. The molecule has 10 aromatic rings. The summed E-state index contributed by atoms with van der Waals surface area (Å²) in [5.41, 5.74) is 13.9. The number of benzene rings is 7. The Hall–Kier alpha value is -8.22. The Bertz CT molecular complexity index is 3220. The van der Waals surface area contributed by atoms with Crippen LogP contribution in [0.15, 0.2) is 218 Å². The summed E-state index contributed by atoms with van der Waals surface area (Å²) in [6.45, 7) is 0. The van der Waals surface area contributed by atoms with Crippen molar-refractivity contribution in [3.05, 3.63) is 224 Å². The normalized spacial score (nSPS) is 15.3. The van der Waals surface area contributed by atoms with E-state index in [1.165, 1.54) is 16.6 Å². The minimum atomic E-state index is 0.119. The minimum Gasteiger partial charge on any atom is -0.333 e. The third-order valence-corrected chi connectivity index (χ3v) is 12.2. The molecular formula is C56H38N6. The van der Waals surface area contributed by atoms with E-state index in [1.807, 2.05) is 48.5 Å². The molecule has 0 spiro atoms. The molecule has 2 atom stereocenters. The molecule has 0 bridgehead atoms. The van der Waals surface area contributed by atoms with Crippen molar-refractivity contribution in [1.82, 2.24) is 24.5 Å². The first-order valence-electron chi connectivity index (χ1n) is 21.1. The van der Waals surface area contributed by atoms with Gasteiger partial charge < -0.3 is 4.90 Å². The largest absolute Gasteiger partial charge is 0.333 e. The molecule has 0 saturated heterocycles. The summed E-state index contributed by atoms with van der Waals surface area (Å²) in [6, 6.07) is 68.1. The molecule has 7 aromatic carbocycles. The third-order valence-electron chi connectivity index (χ3n) is 12.2. The zero-order chi connectivity index (χ0) is 41.0. The lowest BCUT2D eigenvalue weighted by molar-refractivity contribution is 0.745. The second-order valence-electron chi connectivity index (χ2n) is 15.9. The summed E-state index contributed by atoms with van der Waals surface area (Å²) in [5.74, 6) is 2.03. The number of fused-ring (bicyclic) bond motifs is 6. The molecule has 2 aliphatic rings. The Morgan fingerprint density at radius 1 is 0.387 bits per heavy atom. The van der Waals surface area contributed by atoms with E-state index in [-0.39, 0.29) is 12.0 Å². The molecule has 1 aliphatic carbocycles. The number of para-hydroxylation sites is 1. The number of anilines is 2. The van der Waals surface area contributed by atoms with Crippen molar-refractivity contribution in [2.45, 2.75) is 12.0 Å². The molecule has 4 heterocycles. The molecule has 0 amide bonds. The topological polar surface area (TPSA) is 59.7 Å². The smallest absolute Gasteiger partial charge is 0.238 e. The molecule has 2 unspecified atom stereocenters. The molecule has 62 heavy (non-hydrogen) atoms. The molecule has 0 radical (unpaired) electrons. The highest BCUT2D eigenvalue weighted by atomic mass is 15.2. The molecule has 1 aliphatic heterocycles. The zero-order valence-electron chi connectivity index (χ0n) is 33.6. The van der Waals surface area contributed by atoms with E-state index in [0.29, 0.717) is 17.6 Å². The van der Waals surface area contributed by atoms with Crippen molar-refractivity contribution >= 4 is 33.2 Å². The SMILES string of the molecule is C1=CC2c3cc4c5ccccc5n(-c5nc(-c6ccccc6)nc(-c6ccccc6)n5)c4cc3N(c3ccc(-c4cc(-c5ccccc5)nc(-c5ccccc5)c4)cc3)C2C=C1. The van der Waals surface area contributed by atoms with E-state index >= 15 is 0 Å². The number of rotatable bonds is 7. The average molecular weight is 795 g/mol. The molecule has 0 fully saturated rings. The van der Waals surface area contributed by atoms with E-state index < -0.39 is 0 Å². The maximum Gasteiger partial charge on any atom is 0.238 e. The molecule has 12 rings (SSSR count). The Morgan fingerprint density at radius 2 is 0.935 bits per heavy atom. The van der Waals surface area contributed by atoms with Crippen molar-refractivity contribution in [1.29, 1.82) is 0 Å². The summed E-state index contributed by atoms with van der Waals surface area (Å²) in [6.07, 6.45) is 9.04. The van der Waals surface area contributed by atoms with Crippen LogP contribution in [0.3, 0.4) is 0 Å². The van der Waals surface area contributed by atoms with Gasteiger partial charge in [-0.25, -0.2) is 9.97 Å². The van der Waals surface area contributed by atoms with Crippen molar-refractivity contribution < 1.29 is 0 Å². The monoisotopic (exact) mass is 794 g/mol. The molecule has 6 heteroatoms. The summed E-state index contributed by atoms with van der Waals surface area (Å²) in [7, 11) is 0. The van der Waals surface area contributed by atoms with Gasteiger partial charge in [0.2, 0.25) is 5.95 Å². The van der Waals surface area contributed by atoms with E-state index in [1.54, 1.807) is 0 Å². The predicted octanol–water partition coefficient (Wildman–Crippen LogP) is 13.4. The van der Waals surface area contributed by atoms with Gasteiger partial charge in [-0.3, -0.25) is 4.57 Å². The van der Waals surface area contributed by atoms with Crippen LogP contribution in [-0.4, -0.2) is 30.5 Å². The maximum absolute atomic E-state index is 5.20. The standard InChI is InChI=1S/C56H38N6/c1-5-17-38(18-6-1)48-33-42(34-49(57-48)39-19-7-2-8-20-39)37-29-31-43(32-30-37)61-50-27-15-13-25-44(50)46-35-47-45-26-14-16-28-51(45)62(53(47)36-52(46)61)56-59-54(40-21-9-3-10-22-40)58-55(60-56)41-23-11-4-12-24-41/h1-36,44,50H. The molecule has 292 valence electrons. The highest BCUT2D eigenvalue weighted by molar-refractivity contribution is 6.11. The van der Waals surface area contributed by atoms with Gasteiger partial charge in [-0.15, -0.1) is 0 Å². The lowest BCUT2D eigenvalue weighted by Crippen LogP contribution is -2.28. The number of hydrogen-bond donors (Lipinski definition) is 0. The summed E-state index contributed by atoms with van der Waals surface area (Å²) < 4.78 is 2.22. The van der Waals surface area contributed by atoms with Crippen molar-refractivity contribution in [3.63, 3.8) is 0 Å². The van der Waals surface area contributed by atoms with Gasteiger partial charge in [-0.05, 0) is 59.2 Å². The fourth-order valence-electron chi connectivity index (χ4n) is 9.24. The van der Waals surface area contributed by atoms with Crippen LogP contribution in [0.25, 0.3) is 84.2 Å². The second-order valence-corrected chi connectivity index (χ2v) is 15.9. The fraction of sp³-hybridized carbons (Fsp3) is 0.0357. The van der Waals surface area contributed by atoms with E-state index in [9.17, 15) is 0 Å². The van der Waals surface area contributed by atoms with Gasteiger partial charge >= 0.3 is 0 Å². The summed E-state index contributed by atoms with van der Waals surface area (Å²) >= 11 is 0. The molecule has 6 nitrogen and oxygen atoms in total. The Labute approximate surface area is 359 Å². The third kappa shape index (κ3) is 6.11. The molecule has 0 N–H and O–H groups in total. The van der Waals surface area contributed by atoms with Gasteiger partial charge in [0.05, 0.1) is 28.5 Å². The van der Waals surface area contributed by atoms with Crippen LogP contribution in [0.5, 0.6) is 0 Å². The van der Waals surface area contributed by atoms with E-state index in [4.69, 9.17) is 19.9 Å². The Kier molecular flexibility index (Phi) is 8.52. The minimum absolute atomic E-state index is 0.119. The van der Waals surface area contributed by atoms with Gasteiger partial charge in [-0.1, -0.05) is 176 Å². The molecule has 0 saturated carbocycles. The number of nitrogens with zero attached hydrogens (tertiary/aromatic N) is 6. The van der Waals surface area contributed by atoms with E-state index in [2.05, 4.69) is 179 Å². The Balaban J connectivity index is 1.01. The summed E-state index contributed by atoms with van der Waals surface area (Å²) in [5, 5.41) is 2.33. The van der Waals surface area contributed by atoms with Gasteiger partial charge in [0.25, 0.3) is 0 Å². The van der Waals surface area contributed by atoms with Crippen molar-refractivity contribution in [3.8, 4) is 62.4 Å². The maximum atomic E-state index is 5.20. The molecular weight excluding hydrogens is 757 g/mol. The van der Waals surface area contributed by atoms with Crippen LogP contribution in [0, 0.1) is 0 Å². The predicted molar refractivity (Wildman–Crippen MR) is 253 cm³/mol. The van der Waals surface area contributed by atoms with Gasteiger partial charge in [0, 0.05) is 50.3 Å². The number of hydrogen-bond acceptors (Lipinski definition) is 5. The van der Waals surface area contributed by atoms with Crippen LogP contribution in [-0.2, 0) is 0 Å². The van der Waals surface area contributed by atoms with E-state index in [0.717, 1.165) is 66.9 Å². The van der Waals surface area contributed by atoms with Gasteiger partial charge in [0.1, 0.15) is 0 Å². The highest BCUT2D eigenvalue weighted by Gasteiger charge is 2.38. The zero-order valence-corrected chi connectivity index (χ0v) is 33.6. The number of aromatic nitrogens is 5. The molecule has 3 aromatic heterocycles. The lowest BCUT2D eigenvalue weighted by atomic mass is 9.90. The van der Waals surface area contributed by atoms with Crippen LogP contribution in [0.4, 0.5) is 11.4 Å². The first kappa shape index (κ1) is 35.7. The van der Waals surface area contributed by atoms with Gasteiger partial charge in [0.15, 0.2) is 11.6 Å². The van der Waals surface area contributed by atoms with Crippen LogP contribution in [0.1, 0.15) is 11.5 Å². The van der Waals surface area contributed by atoms with Crippen LogP contribution < -0.4 is 4.90 Å². The quantitative estimate of drug-likeness (QED) is 0.161. The first-order chi connectivity index (χ1) is 30.7. The van der Waals surface area contributed by atoms with Crippen molar-refractivity contribution in [2.75, 3.05) is 4.90 Å². The van der Waals surface area contributed by atoms with Crippen molar-refractivity contribution in [2.24, 2.45) is 0 Å². The second kappa shape index (κ2) is 14.8. The highest BCUT2D eigenvalue weighted by Crippen LogP contribution is 2.50. The average Bonchev–Trinajstić information content (AvgIpc) is 3.86.